The van der Waals surface area contributed by atoms with Crippen molar-refractivity contribution in [1.29, 1.82) is 0 Å². The van der Waals surface area contributed by atoms with E-state index < -0.39 is 0 Å². The number of nitrogens with one attached hydrogen (secondary N) is 1. The average Bonchev–Trinajstić information content (AvgIpc) is 2.85. The summed E-state index contributed by atoms with van der Waals surface area (Å²) in [4.78, 5) is 2.78. The number of likely N-dealkylation sites (tertiary alicyclic amines) is 1. The van der Waals surface area contributed by atoms with Crippen molar-refractivity contribution < 1.29 is 4.74 Å². The molecule has 3 heteroatoms. The zero-order valence-electron chi connectivity index (χ0n) is 11.0. The minimum atomic E-state index is 0.704. The second-order valence-corrected chi connectivity index (χ2v) is 6.01. The van der Waals surface area contributed by atoms with Crippen molar-refractivity contribution >= 4 is 0 Å². The van der Waals surface area contributed by atoms with Crippen LogP contribution in [0.5, 0.6) is 0 Å². The lowest BCUT2D eigenvalue weighted by atomic mass is 10.0. The summed E-state index contributed by atoms with van der Waals surface area (Å²) in [5.41, 5.74) is 0. The molecule has 17 heavy (non-hydrogen) atoms. The first-order valence-corrected chi connectivity index (χ1v) is 7.38. The van der Waals surface area contributed by atoms with Crippen molar-refractivity contribution in [3.05, 3.63) is 0 Å². The van der Waals surface area contributed by atoms with Gasteiger partial charge in [0.05, 0.1) is 6.61 Å². The number of hydrogen-bond acceptors (Lipinski definition) is 3. The zero-order valence-corrected chi connectivity index (χ0v) is 11.0. The third kappa shape index (κ3) is 2.51. The molecule has 2 aliphatic heterocycles. The fraction of sp³-hybridized carbons (Fsp3) is 1.00. The Balaban J connectivity index is 1.66. The van der Waals surface area contributed by atoms with E-state index in [-0.39, 0.29) is 0 Å². The van der Waals surface area contributed by atoms with E-state index in [0.29, 0.717) is 6.04 Å². The highest BCUT2D eigenvalue weighted by molar-refractivity contribution is 4.98. The summed E-state index contributed by atoms with van der Waals surface area (Å²) in [7, 11) is 1.86. The minimum absolute atomic E-state index is 0.704. The topological polar surface area (TPSA) is 24.5 Å². The molecule has 0 aromatic carbocycles. The molecule has 0 aromatic rings. The Labute approximate surface area is 105 Å². The fourth-order valence-electron chi connectivity index (χ4n) is 3.85. The Kier molecular flexibility index (Phi) is 3.69. The van der Waals surface area contributed by atoms with Gasteiger partial charge in [0.2, 0.25) is 0 Å². The van der Waals surface area contributed by atoms with Gasteiger partial charge in [0.15, 0.2) is 0 Å². The van der Waals surface area contributed by atoms with Crippen LogP contribution in [0.3, 0.4) is 0 Å². The van der Waals surface area contributed by atoms with Gasteiger partial charge in [0.25, 0.3) is 0 Å². The summed E-state index contributed by atoms with van der Waals surface area (Å²) in [6.45, 7) is 3.47. The van der Waals surface area contributed by atoms with E-state index in [4.69, 9.17) is 4.74 Å². The smallest absolute Gasteiger partial charge is 0.0620 e. The van der Waals surface area contributed by atoms with Crippen LogP contribution in [0.2, 0.25) is 0 Å². The van der Waals surface area contributed by atoms with E-state index in [9.17, 15) is 0 Å². The first-order chi connectivity index (χ1) is 8.40. The lowest BCUT2D eigenvalue weighted by Crippen LogP contribution is -2.50. The molecule has 1 N–H and O–H groups in total. The maximum atomic E-state index is 5.47. The number of rotatable bonds is 5. The highest BCUT2D eigenvalue weighted by Crippen LogP contribution is 2.39. The van der Waals surface area contributed by atoms with Gasteiger partial charge in [-0.2, -0.15) is 0 Å². The van der Waals surface area contributed by atoms with Crippen LogP contribution in [0.15, 0.2) is 0 Å². The van der Waals surface area contributed by atoms with Crippen molar-refractivity contribution in [2.75, 3.05) is 26.8 Å². The average molecular weight is 238 g/mol. The summed E-state index contributed by atoms with van der Waals surface area (Å²) in [6, 6.07) is 2.25. The second-order valence-electron chi connectivity index (χ2n) is 6.01. The van der Waals surface area contributed by atoms with Crippen molar-refractivity contribution in [3.8, 4) is 0 Å². The standard InChI is InChI=1S/C14H26N2O/c1-17-10-14(11-6-7-11)16-9-3-5-13(16)12-4-2-8-15-12/h11-15H,2-10H2,1H3. The highest BCUT2D eigenvalue weighted by Gasteiger charge is 2.42. The fourth-order valence-corrected chi connectivity index (χ4v) is 3.85. The number of nitrogens with zero attached hydrogens (tertiary/aromatic N) is 1. The third-order valence-corrected chi connectivity index (χ3v) is 4.83. The van der Waals surface area contributed by atoms with Crippen LogP contribution in [0.4, 0.5) is 0 Å². The molecule has 0 radical (unpaired) electrons. The van der Waals surface area contributed by atoms with Crippen LogP contribution >= 0.6 is 0 Å². The Morgan fingerprint density at radius 3 is 2.76 bits per heavy atom. The highest BCUT2D eigenvalue weighted by atomic mass is 16.5. The molecule has 1 saturated carbocycles. The molecule has 3 rings (SSSR count). The van der Waals surface area contributed by atoms with Crippen LogP contribution in [-0.4, -0.2) is 49.8 Å². The van der Waals surface area contributed by atoms with Crippen molar-refractivity contribution in [2.45, 2.75) is 56.7 Å². The van der Waals surface area contributed by atoms with E-state index in [1.807, 2.05) is 7.11 Å². The number of hydrogen-bond donors (Lipinski definition) is 1. The van der Waals surface area contributed by atoms with Crippen LogP contribution in [0, 0.1) is 5.92 Å². The zero-order chi connectivity index (χ0) is 11.7. The molecule has 0 bridgehead atoms. The van der Waals surface area contributed by atoms with Gasteiger partial charge < -0.3 is 10.1 Å². The molecular formula is C14H26N2O. The Morgan fingerprint density at radius 1 is 1.24 bits per heavy atom. The van der Waals surface area contributed by atoms with E-state index in [2.05, 4.69) is 10.2 Å². The predicted molar refractivity (Wildman–Crippen MR) is 69.1 cm³/mol. The summed E-state index contributed by atoms with van der Waals surface area (Å²) in [5, 5.41) is 3.70. The summed E-state index contributed by atoms with van der Waals surface area (Å²) in [5.74, 6) is 0.928. The summed E-state index contributed by atoms with van der Waals surface area (Å²) in [6.07, 6.45) is 8.38. The molecule has 3 fully saturated rings. The molecule has 98 valence electrons. The largest absolute Gasteiger partial charge is 0.383 e. The van der Waals surface area contributed by atoms with Crippen LogP contribution in [0.1, 0.15) is 38.5 Å². The van der Waals surface area contributed by atoms with Crippen LogP contribution in [0.25, 0.3) is 0 Å². The van der Waals surface area contributed by atoms with Crippen LogP contribution in [-0.2, 0) is 4.74 Å². The molecular weight excluding hydrogens is 212 g/mol. The van der Waals surface area contributed by atoms with E-state index in [1.165, 1.54) is 51.6 Å². The van der Waals surface area contributed by atoms with Crippen molar-refractivity contribution in [1.82, 2.24) is 10.2 Å². The predicted octanol–water partition coefficient (Wildman–Crippen LogP) is 1.63. The maximum absolute atomic E-state index is 5.47. The monoisotopic (exact) mass is 238 g/mol. The SMILES string of the molecule is COCC(C1CC1)N1CCCC1C1CCCN1. The van der Waals surface area contributed by atoms with Gasteiger partial charge in [-0.15, -0.1) is 0 Å². The molecule has 0 spiro atoms. The van der Waals surface area contributed by atoms with E-state index in [0.717, 1.165) is 24.6 Å². The molecule has 3 nitrogen and oxygen atoms in total. The first-order valence-electron chi connectivity index (χ1n) is 7.38. The molecule has 0 amide bonds. The van der Waals surface area contributed by atoms with Gasteiger partial charge in [-0.1, -0.05) is 0 Å². The van der Waals surface area contributed by atoms with E-state index >= 15 is 0 Å². The lowest BCUT2D eigenvalue weighted by Gasteiger charge is -2.36. The first kappa shape index (κ1) is 11.9. The van der Waals surface area contributed by atoms with Gasteiger partial charge in [0, 0.05) is 25.2 Å². The van der Waals surface area contributed by atoms with Gasteiger partial charge in [-0.3, -0.25) is 4.90 Å². The van der Waals surface area contributed by atoms with Gasteiger partial charge >= 0.3 is 0 Å². The minimum Gasteiger partial charge on any atom is -0.383 e. The number of ether oxygens (including phenoxy) is 1. The number of methoxy groups -OCH3 is 1. The summed E-state index contributed by atoms with van der Waals surface area (Å²) < 4.78 is 5.47. The van der Waals surface area contributed by atoms with Crippen molar-refractivity contribution in [3.63, 3.8) is 0 Å². The molecule has 3 aliphatic rings. The molecule has 2 heterocycles. The van der Waals surface area contributed by atoms with E-state index in [1.54, 1.807) is 0 Å². The van der Waals surface area contributed by atoms with Gasteiger partial charge in [0.1, 0.15) is 0 Å². The van der Waals surface area contributed by atoms with Crippen molar-refractivity contribution in [2.24, 2.45) is 5.92 Å². The third-order valence-electron chi connectivity index (χ3n) is 4.83. The molecule has 2 saturated heterocycles. The Bertz CT molecular complexity index is 249. The molecule has 3 unspecified atom stereocenters. The molecule has 0 aromatic heterocycles. The quantitative estimate of drug-likeness (QED) is 0.788. The summed E-state index contributed by atoms with van der Waals surface area (Å²) >= 11 is 0. The van der Waals surface area contributed by atoms with Gasteiger partial charge in [-0.25, -0.2) is 0 Å². The Hall–Kier alpha value is -0.120. The maximum Gasteiger partial charge on any atom is 0.0620 e. The normalized spacial score (nSPS) is 36.5. The van der Waals surface area contributed by atoms with Crippen LogP contribution < -0.4 is 5.32 Å². The lowest BCUT2D eigenvalue weighted by molar-refractivity contribution is 0.0605. The Morgan fingerprint density at radius 2 is 2.12 bits per heavy atom. The molecule has 3 atom stereocenters. The second kappa shape index (κ2) is 5.25. The van der Waals surface area contributed by atoms with Gasteiger partial charge in [-0.05, 0) is 57.5 Å². The molecule has 1 aliphatic carbocycles.